The van der Waals surface area contributed by atoms with E-state index >= 15 is 0 Å². The van der Waals surface area contributed by atoms with Crippen molar-refractivity contribution in [1.29, 1.82) is 0 Å². The van der Waals surface area contributed by atoms with E-state index in [-0.39, 0.29) is 5.54 Å². The summed E-state index contributed by atoms with van der Waals surface area (Å²) in [6.07, 6.45) is 2.46. The van der Waals surface area contributed by atoms with Crippen molar-refractivity contribution in [3.05, 3.63) is 23.1 Å². The Morgan fingerprint density at radius 3 is 2.67 bits per heavy atom. The van der Waals surface area contributed by atoms with Gasteiger partial charge in [-0.2, -0.15) is 0 Å². The second-order valence-corrected chi connectivity index (χ2v) is 2.49. The Morgan fingerprint density at radius 1 is 1.78 bits per heavy atom. The molecule has 0 heterocycles. The van der Waals surface area contributed by atoms with Gasteiger partial charge >= 0.3 is 0 Å². The molecule has 0 spiro atoms. The minimum Gasteiger partial charge on any atom is -0.103 e. The Bertz CT molecular complexity index is 142. The van der Waals surface area contributed by atoms with E-state index in [9.17, 15) is 0 Å². The number of nitrogens with zero attached hydrogens (tertiary/aromatic N) is 3. The van der Waals surface area contributed by atoms with Crippen LogP contribution in [-0.4, -0.2) is 5.54 Å². The molecule has 0 aliphatic rings. The predicted octanol–water partition coefficient (Wildman–Crippen LogP) is 2.65. The third-order valence-electron chi connectivity index (χ3n) is 0.959. The Balaban J connectivity index is 3.99. The molecule has 0 saturated carbocycles. The van der Waals surface area contributed by atoms with Crippen molar-refractivity contribution in [3.63, 3.8) is 0 Å². The zero-order chi connectivity index (χ0) is 7.33. The van der Waals surface area contributed by atoms with Gasteiger partial charge in [0.15, 0.2) is 0 Å². The molecule has 9 heavy (non-hydrogen) atoms. The Labute approximate surface area is 55.0 Å². The second kappa shape index (κ2) is 3.15. The Kier molecular flexibility index (Phi) is 2.82. The van der Waals surface area contributed by atoms with E-state index in [4.69, 9.17) is 5.53 Å². The van der Waals surface area contributed by atoms with Crippen molar-refractivity contribution < 1.29 is 0 Å². The SMILES string of the molecule is C=CCC(C)(C)N=[N+]=[N-]. The smallest absolute Gasteiger partial charge is 0.0466 e. The number of hydrogen-bond acceptors (Lipinski definition) is 1. The third-order valence-corrected chi connectivity index (χ3v) is 0.959. The van der Waals surface area contributed by atoms with Crippen LogP contribution < -0.4 is 0 Å². The Hall–Kier alpha value is -0.950. The summed E-state index contributed by atoms with van der Waals surface area (Å²) in [5.74, 6) is 0. The van der Waals surface area contributed by atoms with Crippen LogP contribution in [0.1, 0.15) is 20.3 Å². The van der Waals surface area contributed by atoms with Crippen molar-refractivity contribution in [2.24, 2.45) is 5.11 Å². The van der Waals surface area contributed by atoms with Crippen LogP contribution >= 0.6 is 0 Å². The summed E-state index contributed by atoms with van der Waals surface area (Å²) >= 11 is 0. The van der Waals surface area contributed by atoms with Crippen molar-refractivity contribution in [2.45, 2.75) is 25.8 Å². The molecule has 0 aromatic heterocycles. The molecule has 0 radical (unpaired) electrons. The van der Waals surface area contributed by atoms with Crippen LogP contribution in [0.25, 0.3) is 10.4 Å². The molecule has 3 heteroatoms. The fraction of sp³-hybridized carbons (Fsp3) is 0.667. The first-order valence-electron chi connectivity index (χ1n) is 2.79. The molecule has 0 aliphatic heterocycles. The van der Waals surface area contributed by atoms with E-state index in [0.29, 0.717) is 0 Å². The average Bonchev–Trinajstić information content (AvgIpc) is 1.64. The quantitative estimate of drug-likeness (QED) is 0.241. The molecule has 0 rings (SSSR count). The highest BCUT2D eigenvalue weighted by Crippen LogP contribution is 2.13. The predicted molar refractivity (Wildman–Crippen MR) is 38.0 cm³/mol. The molecule has 0 amide bonds. The van der Waals surface area contributed by atoms with Crippen LogP contribution in [0.4, 0.5) is 0 Å². The van der Waals surface area contributed by atoms with Gasteiger partial charge in [-0.05, 0) is 12.0 Å². The van der Waals surface area contributed by atoms with E-state index in [1.54, 1.807) is 6.08 Å². The number of hydrogen-bond donors (Lipinski definition) is 0. The largest absolute Gasteiger partial charge is 0.103 e. The lowest BCUT2D eigenvalue weighted by Gasteiger charge is -2.13. The molecule has 0 aromatic rings. The maximum atomic E-state index is 8.05. The molecule has 0 saturated heterocycles. The molecule has 3 nitrogen and oxygen atoms in total. The minimum atomic E-state index is -0.309. The van der Waals surface area contributed by atoms with Crippen LogP contribution in [0.15, 0.2) is 17.8 Å². The van der Waals surface area contributed by atoms with Crippen LogP contribution in [0, 0.1) is 0 Å². The van der Waals surface area contributed by atoms with Crippen LogP contribution in [-0.2, 0) is 0 Å². The van der Waals surface area contributed by atoms with Gasteiger partial charge in [0, 0.05) is 10.5 Å². The highest BCUT2D eigenvalue weighted by atomic mass is 15.2. The maximum absolute atomic E-state index is 8.05. The van der Waals surface area contributed by atoms with Crippen molar-refractivity contribution >= 4 is 0 Å². The highest BCUT2D eigenvalue weighted by molar-refractivity contribution is 4.85. The van der Waals surface area contributed by atoms with E-state index in [2.05, 4.69) is 16.6 Å². The first-order valence-corrected chi connectivity index (χ1v) is 2.79. The molecule has 0 N–H and O–H groups in total. The summed E-state index contributed by atoms with van der Waals surface area (Å²) in [5, 5.41) is 3.56. The third kappa shape index (κ3) is 3.62. The van der Waals surface area contributed by atoms with Gasteiger partial charge in [-0.25, -0.2) is 0 Å². The summed E-state index contributed by atoms with van der Waals surface area (Å²) in [7, 11) is 0. The normalized spacial score (nSPS) is 10.0. The summed E-state index contributed by atoms with van der Waals surface area (Å²) in [6, 6.07) is 0. The van der Waals surface area contributed by atoms with E-state index in [1.165, 1.54) is 0 Å². The average molecular weight is 125 g/mol. The van der Waals surface area contributed by atoms with Crippen LogP contribution in [0.2, 0.25) is 0 Å². The van der Waals surface area contributed by atoms with Gasteiger partial charge in [-0.15, -0.1) is 6.58 Å². The minimum absolute atomic E-state index is 0.309. The molecule has 0 fully saturated rings. The molecular weight excluding hydrogens is 114 g/mol. The lowest BCUT2D eigenvalue weighted by molar-refractivity contribution is 0.525. The van der Waals surface area contributed by atoms with E-state index in [0.717, 1.165) is 6.42 Å². The molecular formula is C6H11N3. The molecule has 0 aromatic carbocycles. The lowest BCUT2D eigenvalue weighted by atomic mass is 10.0. The molecule has 0 atom stereocenters. The van der Waals surface area contributed by atoms with Gasteiger partial charge in [0.1, 0.15) is 0 Å². The maximum Gasteiger partial charge on any atom is 0.0466 e. The fourth-order valence-electron chi connectivity index (χ4n) is 0.515. The number of azide groups is 1. The highest BCUT2D eigenvalue weighted by Gasteiger charge is 2.11. The topological polar surface area (TPSA) is 48.8 Å². The summed E-state index contributed by atoms with van der Waals surface area (Å²) < 4.78 is 0. The Morgan fingerprint density at radius 2 is 2.33 bits per heavy atom. The summed E-state index contributed by atoms with van der Waals surface area (Å²) in [6.45, 7) is 7.28. The molecule has 50 valence electrons. The zero-order valence-corrected chi connectivity index (χ0v) is 5.83. The van der Waals surface area contributed by atoms with Gasteiger partial charge in [-0.1, -0.05) is 25.0 Å². The van der Waals surface area contributed by atoms with Gasteiger partial charge in [0.25, 0.3) is 0 Å². The van der Waals surface area contributed by atoms with Gasteiger partial charge in [-0.3, -0.25) is 0 Å². The first-order chi connectivity index (χ1) is 4.12. The summed E-state index contributed by atoms with van der Waals surface area (Å²) in [4.78, 5) is 2.70. The fourth-order valence-corrected chi connectivity index (χ4v) is 0.515. The standard InChI is InChI=1S/C6H11N3/c1-4-5-6(2,3)8-9-7/h4H,1,5H2,2-3H3. The first kappa shape index (κ1) is 8.05. The van der Waals surface area contributed by atoms with Crippen LogP contribution in [0.3, 0.4) is 0 Å². The van der Waals surface area contributed by atoms with E-state index in [1.807, 2.05) is 13.8 Å². The zero-order valence-electron chi connectivity index (χ0n) is 5.83. The lowest BCUT2D eigenvalue weighted by Crippen LogP contribution is -2.12. The molecule has 0 aliphatic carbocycles. The van der Waals surface area contributed by atoms with E-state index < -0.39 is 0 Å². The monoisotopic (exact) mass is 125 g/mol. The second-order valence-electron chi connectivity index (χ2n) is 2.49. The molecule has 0 unspecified atom stereocenters. The van der Waals surface area contributed by atoms with Gasteiger partial charge in [0.2, 0.25) is 0 Å². The number of rotatable bonds is 3. The molecule has 0 bridgehead atoms. The van der Waals surface area contributed by atoms with Crippen molar-refractivity contribution in [1.82, 2.24) is 0 Å². The van der Waals surface area contributed by atoms with Crippen molar-refractivity contribution in [2.75, 3.05) is 0 Å². The summed E-state index contributed by atoms with van der Waals surface area (Å²) in [5.41, 5.74) is 7.74. The van der Waals surface area contributed by atoms with Crippen LogP contribution in [0.5, 0.6) is 0 Å². The van der Waals surface area contributed by atoms with Crippen molar-refractivity contribution in [3.8, 4) is 0 Å². The van der Waals surface area contributed by atoms with Gasteiger partial charge < -0.3 is 0 Å². The van der Waals surface area contributed by atoms with Gasteiger partial charge in [0.05, 0.1) is 0 Å².